The van der Waals surface area contributed by atoms with Gasteiger partial charge in [-0.25, -0.2) is 17.6 Å². The van der Waals surface area contributed by atoms with Gasteiger partial charge >= 0.3 is 0 Å². The molecule has 1 aromatic rings. The molecular formula is C6H6ClF8S. The SMILES string of the molecule is Cl.F.F.F.F.Fc1cc(F)c([S])c(F)c1F. The maximum absolute atomic E-state index is 12.3. The summed E-state index contributed by atoms with van der Waals surface area (Å²) in [5, 5.41) is 0. The molecule has 10 heteroatoms. The molecule has 0 heterocycles. The molecule has 0 nitrogen and oxygen atoms in total. The second kappa shape index (κ2) is 10.7. The molecule has 0 saturated heterocycles. The van der Waals surface area contributed by atoms with Crippen LogP contribution >= 0.6 is 25.0 Å². The summed E-state index contributed by atoms with van der Waals surface area (Å²) in [6.07, 6.45) is 0. The van der Waals surface area contributed by atoms with Crippen molar-refractivity contribution in [2.24, 2.45) is 0 Å². The Labute approximate surface area is 96.3 Å². The van der Waals surface area contributed by atoms with E-state index >= 15 is 0 Å². The molecule has 0 amide bonds. The van der Waals surface area contributed by atoms with E-state index in [2.05, 4.69) is 12.6 Å². The van der Waals surface area contributed by atoms with Crippen LogP contribution in [0.4, 0.5) is 36.4 Å². The van der Waals surface area contributed by atoms with Crippen LogP contribution in [0.3, 0.4) is 0 Å². The highest BCUT2D eigenvalue weighted by Gasteiger charge is 2.16. The van der Waals surface area contributed by atoms with E-state index < -0.39 is 28.2 Å². The van der Waals surface area contributed by atoms with Crippen LogP contribution in [-0.4, -0.2) is 0 Å². The van der Waals surface area contributed by atoms with Gasteiger partial charge in [0.1, 0.15) is 10.7 Å². The predicted molar refractivity (Wildman–Crippen MR) is 49.4 cm³/mol. The van der Waals surface area contributed by atoms with Gasteiger partial charge in [-0.2, -0.15) is 0 Å². The topological polar surface area (TPSA) is 0 Å². The van der Waals surface area contributed by atoms with Gasteiger partial charge in [0.15, 0.2) is 17.5 Å². The first kappa shape index (κ1) is 29.4. The summed E-state index contributed by atoms with van der Waals surface area (Å²) in [6.45, 7) is 0. The molecule has 16 heavy (non-hydrogen) atoms. The number of rotatable bonds is 0. The molecular weight excluding hydrogens is 292 g/mol. The Morgan fingerprint density at radius 2 is 1.12 bits per heavy atom. The van der Waals surface area contributed by atoms with E-state index in [1.807, 2.05) is 0 Å². The van der Waals surface area contributed by atoms with Crippen LogP contribution < -0.4 is 0 Å². The number of hydrogen-bond acceptors (Lipinski definition) is 0. The van der Waals surface area contributed by atoms with Crippen molar-refractivity contribution in [2.75, 3.05) is 0 Å². The highest BCUT2D eigenvalue weighted by atomic mass is 35.5. The number of halogens is 9. The zero-order valence-corrected chi connectivity index (χ0v) is 8.67. The van der Waals surface area contributed by atoms with E-state index in [1.165, 1.54) is 0 Å². The molecule has 0 aliphatic heterocycles. The lowest BCUT2D eigenvalue weighted by molar-refractivity contribution is 0.416. The Kier molecular flexibility index (Phi) is 19.7. The van der Waals surface area contributed by atoms with E-state index in [0.29, 0.717) is 0 Å². The first-order valence-corrected chi connectivity index (χ1v) is 2.95. The lowest BCUT2D eigenvalue weighted by Crippen LogP contribution is -1.94. The maximum atomic E-state index is 12.3. The minimum Gasteiger partial charge on any atom is -0.269 e. The van der Waals surface area contributed by atoms with Gasteiger partial charge in [-0.15, -0.1) is 12.4 Å². The Hall–Kier alpha value is -0.830. The van der Waals surface area contributed by atoms with Crippen molar-refractivity contribution in [3.63, 3.8) is 0 Å². The summed E-state index contributed by atoms with van der Waals surface area (Å²) >= 11 is 4.08. The summed E-state index contributed by atoms with van der Waals surface area (Å²) in [5.41, 5.74) is 0. The van der Waals surface area contributed by atoms with Crippen LogP contribution in [0.1, 0.15) is 0 Å². The Bertz CT molecular complexity index is 281. The van der Waals surface area contributed by atoms with E-state index in [1.54, 1.807) is 0 Å². The summed E-state index contributed by atoms with van der Waals surface area (Å²) in [4.78, 5) is -0.927. The molecule has 0 unspecified atom stereocenters. The average Bonchev–Trinajstić information content (AvgIpc) is 1.97. The standard InChI is InChI=1S/C6HF4S.ClH.4FH/c7-2-1-3(8)6(11)5(10)4(2)9;;;;;/h1H;5*1H. The molecule has 0 fully saturated rings. The van der Waals surface area contributed by atoms with Gasteiger partial charge in [0.25, 0.3) is 0 Å². The van der Waals surface area contributed by atoms with Crippen LogP contribution in [0.15, 0.2) is 11.0 Å². The first-order valence-electron chi connectivity index (χ1n) is 2.54. The van der Waals surface area contributed by atoms with Crippen molar-refractivity contribution >= 4 is 25.0 Å². The third-order valence-electron chi connectivity index (χ3n) is 1.07. The van der Waals surface area contributed by atoms with E-state index in [0.717, 1.165) is 0 Å². The van der Waals surface area contributed by atoms with Gasteiger partial charge in [-0.3, -0.25) is 18.8 Å². The fourth-order valence-corrected chi connectivity index (χ4v) is 0.698. The molecule has 0 aromatic heterocycles. The molecule has 0 aliphatic rings. The van der Waals surface area contributed by atoms with Crippen LogP contribution in [0, 0.1) is 23.3 Å². The van der Waals surface area contributed by atoms with E-state index in [-0.39, 0.29) is 37.3 Å². The monoisotopic (exact) mass is 297 g/mol. The lowest BCUT2D eigenvalue weighted by atomic mass is 10.3. The van der Waals surface area contributed by atoms with Crippen LogP contribution in [0.25, 0.3) is 0 Å². The van der Waals surface area contributed by atoms with Gasteiger partial charge in [0, 0.05) is 6.07 Å². The van der Waals surface area contributed by atoms with Crippen LogP contribution in [-0.2, 0) is 0 Å². The van der Waals surface area contributed by atoms with Crippen LogP contribution in [0.2, 0.25) is 0 Å². The summed E-state index contributed by atoms with van der Waals surface area (Å²) in [5.74, 6) is -6.24. The second-order valence-electron chi connectivity index (χ2n) is 1.80. The van der Waals surface area contributed by atoms with Crippen molar-refractivity contribution in [2.45, 2.75) is 4.90 Å². The molecule has 0 N–H and O–H groups in total. The van der Waals surface area contributed by atoms with Crippen molar-refractivity contribution in [3.8, 4) is 0 Å². The Morgan fingerprint density at radius 1 is 0.750 bits per heavy atom. The van der Waals surface area contributed by atoms with Crippen molar-refractivity contribution in [1.29, 1.82) is 0 Å². The third-order valence-corrected chi connectivity index (χ3v) is 1.45. The normalized spacial score (nSPS) is 7.00. The van der Waals surface area contributed by atoms with Gasteiger partial charge in [0.2, 0.25) is 0 Å². The molecule has 99 valence electrons. The minimum atomic E-state index is -1.74. The molecule has 1 radical (unpaired) electrons. The number of benzene rings is 1. The van der Waals surface area contributed by atoms with Crippen molar-refractivity contribution in [3.05, 3.63) is 29.3 Å². The average molecular weight is 298 g/mol. The van der Waals surface area contributed by atoms with Crippen molar-refractivity contribution < 1.29 is 36.4 Å². The fourth-order valence-electron chi connectivity index (χ4n) is 0.550. The summed E-state index contributed by atoms with van der Waals surface area (Å²) in [6, 6.07) is 0.209. The molecule has 1 rings (SSSR count). The Morgan fingerprint density at radius 3 is 1.50 bits per heavy atom. The molecule has 0 spiro atoms. The van der Waals surface area contributed by atoms with Gasteiger partial charge < -0.3 is 0 Å². The van der Waals surface area contributed by atoms with E-state index in [9.17, 15) is 17.6 Å². The molecule has 1 aromatic carbocycles. The largest absolute Gasteiger partial charge is 0.269 e. The second-order valence-corrected chi connectivity index (χ2v) is 2.21. The zero-order chi connectivity index (χ0) is 8.59. The summed E-state index contributed by atoms with van der Waals surface area (Å²) < 4.78 is 48.9. The quantitative estimate of drug-likeness (QED) is 0.388. The van der Waals surface area contributed by atoms with Crippen LogP contribution in [0.5, 0.6) is 0 Å². The van der Waals surface area contributed by atoms with E-state index in [4.69, 9.17) is 0 Å². The fraction of sp³-hybridized carbons (Fsp3) is 0. The molecule has 0 bridgehead atoms. The highest BCUT2D eigenvalue weighted by Crippen LogP contribution is 2.21. The number of hydrogen-bond donors (Lipinski definition) is 0. The van der Waals surface area contributed by atoms with Gasteiger partial charge in [-0.1, -0.05) is 12.6 Å². The molecule has 0 saturated carbocycles. The summed E-state index contributed by atoms with van der Waals surface area (Å²) in [7, 11) is 0. The third kappa shape index (κ3) is 5.31. The smallest absolute Gasteiger partial charge is 0.196 e. The minimum absolute atomic E-state index is 0. The highest BCUT2D eigenvalue weighted by molar-refractivity contribution is 7.80. The Balaban J connectivity index is -0.0000000807. The molecule has 0 aliphatic carbocycles. The van der Waals surface area contributed by atoms with Gasteiger partial charge in [-0.05, 0) is 0 Å². The maximum Gasteiger partial charge on any atom is 0.196 e. The molecule has 0 atom stereocenters. The van der Waals surface area contributed by atoms with Gasteiger partial charge in [0.05, 0.1) is 0 Å². The zero-order valence-electron chi connectivity index (χ0n) is 7.04. The van der Waals surface area contributed by atoms with Crippen molar-refractivity contribution in [1.82, 2.24) is 0 Å². The predicted octanol–water partition coefficient (Wildman–Crippen LogP) is 3.83. The first-order chi connectivity index (χ1) is 5.04. The lowest BCUT2D eigenvalue weighted by Gasteiger charge is -1.97.